The molecule has 0 saturated carbocycles. The molecule has 1 aliphatic rings. The number of ether oxygens (including phenoxy) is 1. The maximum Gasteiger partial charge on any atom is 0.317 e. The van der Waals surface area contributed by atoms with Crippen molar-refractivity contribution in [3.8, 4) is 0 Å². The van der Waals surface area contributed by atoms with Crippen molar-refractivity contribution in [1.82, 2.24) is 0 Å². The summed E-state index contributed by atoms with van der Waals surface area (Å²) in [6, 6.07) is 0. The minimum atomic E-state index is -2.35. The Balaban J connectivity index is 2.89. The van der Waals surface area contributed by atoms with E-state index in [1.165, 1.54) is 0 Å². The molecule has 1 heterocycles. The molecule has 0 aromatic heterocycles. The molecule has 0 aliphatic carbocycles. The molecule has 0 unspecified atom stereocenters. The summed E-state index contributed by atoms with van der Waals surface area (Å²) in [5.41, 5.74) is 2.76. The molecule has 1 fully saturated rings. The number of aliphatic hydroxyl groups excluding tert-OH is 3. The summed E-state index contributed by atoms with van der Waals surface area (Å²) in [5.74, 6) is -6.02. The third kappa shape index (κ3) is 3.99. The van der Waals surface area contributed by atoms with Gasteiger partial charge in [-0.3, -0.25) is 14.4 Å². The smallest absolute Gasteiger partial charge is 0.317 e. The molecule has 138 valence electrons. The van der Waals surface area contributed by atoms with Gasteiger partial charge in [-0.25, -0.2) is 0 Å². The van der Waals surface area contributed by atoms with Gasteiger partial charge in [-0.15, -0.1) is 0 Å². The zero-order valence-electron chi connectivity index (χ0n) is 12.6. The Labute approximate surface area is 136 Å². The molecule has 1 amide bonds. The minimum Gasteiger partial charge on any atom is -0.481 e. The van der Waals surface area contributed by atoms with Crippen molar-refractivity contribution in [3.05, 3.63) is 0 Å². The summed E-state index contributed by atoms with van der Waals surface area (Å²) in [6.45, 7) is -0.738. The summed E-state index contributed by atoms with van der Waals surface area (Å²) in [7, 11) is 0. The predicted molar refractivity (Wildman–Crippen MR) is 74.5 cm³/mol. The lowest BCUT2D eigenvalue weighted by Crippen LogP contribution is -2.69. The summed E-state index contributed by atoms with van der Waals surface area (Å²) < 4.78 is 5.03. The van der Waals surface area contributed by atoms with Gasteiger partial charge in [0, 0.05) is 0 Å². The average Bonchev–Trinajstić information content (AvgIpc) is 2.48. The first kappa shape index (κ1) is 20.3. The van der Waals surface area contributed by atoms with Crippen LogP contribution in [-0.4, -0.2) is 85.1 Å². The van der Waals surface area contributed by atoms with Crippen molar-refractivity contribution in [1.29, 1.82) is 0 Å². The molecule has 11 nitrogen and oxygen atoms in total. The van der Waals surface area contributed by atoms with Crippen molar-refractivity contribution in [3.63, 3.8) is 0 Å². The van der Waals surface area contributed by atoms with E-state index < -0.39 is 66.8 Å². The molecule has 5 atom stereocenters. The second-order valence-corrected chi connectivity index (χ2v) is 5.69. The second-order valence-electron chi connectivity index (χ2n) is 5.69. The SMILES string of the molecule is NC(=O)[C@@H]1O[C@H](CO)[C@@H](O)[C@H](O)[C@@]1(O)CCCC(C(=O)O)C(=O)O. The van der Waals surface area contributed by atoms with Crippen LogP contribution in [-0.2, 0) is 19.1 Å². The number of aliphatic hydroxyl groups is 4. The Morgan fingerprint density at radius 2 is 1.71 bits per heavy atom. The van der Waals surface area contributed by atoms with Gasteiger partial charge in [0.15, 0.2) is 12.0 Å². The van der Waals surface area contributed by atoms with Crippen LogP contribution in [0, 0.1) is 5.92 Å². The number of amides is 1. The molecule has 0 aromatic rings. The van der Waals surface area contributed by atoms with Gasteiger partial charge >= 0.3 is 11.9 Å². The van der Waals surface area contributed by atoms with Crippen LogP contribution in [0.15, 0.2) is 0 Å². The normalized spacial score (nSPS) is 33.4. The Morgan fingerprint density at radius 1 is 1.17 bits per heavy atom. The molecule has 24 heavy (non-hydrogen) atoms. The summed E-state index contributed by atoms with van der Waals surface area (Å²) >= 11 is 0. The van der Waals surface area contributed by atoms with E-state index in [9.17, 15) is 29.7 Å². The van der Waals surface area contributed by atoms with Gasteiger partial charge in [0.25, 0.3) is 0 Å². The number of hydrogen-bond acceptors (Lipinski definition) is 8. The fourth-order valence-corrected chi connectivity index (χ4v) is 2.71. The predicted octanol–water partition coefficient (Wildman–Crippen LogP) is -3.36. The number of hydrogen-bond donors (Lipinski definition) is 7. The van der Waals surface area contributed by atoms with Crippen LogP contribution >= 0.6 is 0 Å². The van der Waals surface area contributed by atoms with Crippen molar-refractivity contribution < 1.29 is 49.8 Å². The highest BCUT2D eigenvalue weighted by Crippen LogP contribution is 2.34. The molecule has 1 saturated heterocycles. The number of carbonyl (C=O) groups is 3. The third-order valence-corrected chi connectivity index (χ3v) is 4.09. The first-order valence-electron chi connectivity index (χ1n) is 7.16. The molecule has 1 aliphatic heterocycles. The van der Waals surface area contributed by atoms with Crippen LogP contribution in [0.4, 0.5) is 0 Å². The van der Waals surface area contributed by atoms with Crippen molar-refractivity contribution in [2.45, 2.75) is 49.3 Å². The quantitative estimate of drug-likeness (QED) is 0.216. The Hall–Kier alpha value is -1.79. The van der Waals surface area contributed by atoms with Gasteiger partial charge < -0.3 is 41.1 Å². The van der Waals surface area contributed by atoms with Gasteiger partial charge in [-0.05, 0) is 19.3 Å². The highest BCUT2D eigenvalue weighted by Gasteiger charge is 2.56. The Bertz CT molecular complexity index is 483. The molecule has 0 radical (unpaired) electrons. The number of nitrogens with two attached hydrogens (primary N) is 1. The average molecular weight is 351 g/mol. The van der Waals surface area contributed by atoms with Crippen LogP contribution < -0.4 is 5.73 Å². The van der Waals surface area contributed by atoms with Crippen LogP contribution in [0.5, 0.6) is 0 Å². The first-order valence-corrected chi connectivity index (χ1v) is 7.16. The maximum atomic E-state index is 11.5. The van der Waals surface area contributed by atoms with Gasteiger partial charge in [0.05, 0.1) is 6.61 Å². The van der Waals surface area contributed by atoms with E-state index in [4.69, 9.17) is 25.8 Å². The van der Waals surface area contributed by atoms with E-state index in [1.807, 2.05) is 0 Å². The standard InChI is InChI=1S/C13H21NO10/c14-10(18)9-13(23,8(17)7(16)6(4-15)24-9)3-1-2-5(11(19)20)12(21)22/h5-9,15-17,23H,1-4H2,(H2,14,18)(H,19,20)(H,21,22)/t6-,7-,8+,9+,13+/m1/s1. The highest BCUT2D eigenvalue weighted by molar-refractivity contribution is 5.92. The van der Waals surface area contributed by atoms with E-state index >= 15 is 0 Å². The van der Waals surface area contributed by atoms with Crippen LogP contribution in [0.2, 0.25) is 0 Å². The van der Waals surface area contributed by atoms with Crippen LogP contribution in [0.3, 0.4) is 0 Å². The zero-order chi connectivity index (χ0) is 18.7. The van der Waals surface area contributed by atoms with Crippen molar-refractivity contribution >= 4 is 17.8 Å². The number of rotatable bonds is 8. The monoisotopic (exact) mass is 351 g/mol. The fraction of sp³-hybridized carbons (Fsp3) is 0.769. The molecule has 0 bridgehead atoms. The van der Waals surface area contributed by atoms with E-state index in [-0.39, 0.29) is 12.8 Å². The lowest BCUT2D eigenvalue weighted by Gasteiger charge is -2.47. The Kier molecular flexibility index (Phi) is 6.63. The van der Waals surface area contributed by atoms with Gasteiger partial charge in [-0.2, -0.15) is 0 Å². The van der Waals surface area contributed by atoms with Gasteiger partial charge in [0.1, 0.15) is 23.9 Å². The third-order valence-electron chi connectivity index (χ3n) is 4.09. The molecule has 0 aromatic carbocycles. The molecule has 11 heteroatoms. The molecular formula is C13H21NO10. The fourth-order valence-electron chi connectivity index (χ4n) is 2.71. The first-order chi connectivity index (χ1) is 11.1. The van der Waals surface area contributed by atoms with E-state index in [0.29, 0.717) is 0 Å². The van der Waals surface area contributed by atoms with Crippen LogP contribution in [0.25, 0.3) is 0 Å². The minimum absolute atomic E-state index is 0.208. The molecular weight excluding hydrogens is 330 g/mol. The number of carboxylic acid groups (broad SMARTS) is 2. The number of primary amides is 1. The van der Waals surface area contributed by atoms with E-state index in [0.717, 1.165) is 0 Å². The summed E-state index contributed by atoms with van der Waals surface area (Å²) in [5, 5.41) is 57.1. The Morgan fingerprint density at radius 3 is 2.12 bits per heavy atom. The highest BCUT2D eigenvalue weighted by atomic mass is 16.6. The van der Waals surface area contributed by atoms with Crippen LogP contribution in [0.1, 0.15) is 19.3 Å². The lowest BCUT2D eigenvalue weighted by molar-refractivity contribution is -0.269. The molecule has 0 spiro atoms. The zero-order valence-corrected chi connectivity index (χ0v) is 12.6. The van der Waals surface area contributed by atoms with E-state index in [1.54, 1.807) is 0 Å². The maximum absolute atomic E-state index is 11.5. The number of carbonyl (C=O) groups excluding carboxylic acids is 1. The number of aliphatic carboxylic acids is 2. The second kappa shape index (κ2) is 7.85. The van der Waals surface area contributed by atoms with Gasteiger partial charge in [-0.1, -0.05) is 0 Å². The largest absolute Gasteiger partial charge is 0.481 e. The molecule has 1 rings (SSSR count). The van der Waals surface area contributed by atoms with Crippen molar-refractivity contribution in [2.24, 2.45) is 11.7 Å². The topological polar surface area (TPSA) is 208 Å². The van der Waals surface area contributed by atoms with Gasteiger partial charge in [0.2, 0.25) is 5.91 Å². The number of carboxylic acids is 2. The molecule has 8 N–H and O–H groups in total. The van der Waals surface area contributed by atoms with E-state index in [2.05, 4.69) is 0 Å². The lowest BCUT2D eigenvalue weighted by atomic mass is 9.78. The summed E-state index contributed by atoms with van der Waals surface area (Å²) in [4.78, 5) is 33.1. The summed E-state index contributed by atoms with van der Waals surface area (Å²) in [6.07, 6.45) is -7.77. The van der Waals surface area contributed by atoms with Crippen molar-refractivity contribution in [2.75, 3.05) is 6.61 Å².